The van der Waals surface area contributed by atoms with Crippen molar-refractivity contribution in [3.8, 4) is 11.3 Å². The molecule has 2 heterocycles. The summed E-state index contributed by atoms with van der Waals surface area (Å²) in [6.07, 6.45) is 2.88. The lowest BCUT2D eigenvalue weighted by Crippen LogP contribution is -2.53. The Balaban J connectivity index is 1.95. The van der Waals surface area contributed by atoms with E-state index in [0.29, 0.717) is 27.1 Å². The first-order valence-electron chi connectivity index (χ1n) is 7.46. The van der Waals surface area contributed by atoms with Gasteiger partial charge in [0.05, 0.1) is 10.0 Å². The lowest BCUT2D eigenvalue weighted by Gasteiger charge is -2.27. The summed E-state index contributed by atoms with van der Waals surface area (Å²) in [5.74, 6) is -0.316. The number of carbonyl (C=O) groups excluding carboxylic acids is 2. The van der Waals surface area contributed by atoms with Crippen LogP contribution in [0.25, 0.3) is 17.4 Å². The van der Waals surface area contributed by atoms with Gasteiger partial charge in [-0.1, -0.05) is 35.3 Å². The zero-order valence-electron chi connectivity index (χ0n) is 13.3. The number of amides is 2. The smallest absolute Gasteiger partial charge is 0.266 e. The number of benzene rings is 1. The van der Waals surface area contributed by atoms with E-state index in [9.17, 15) is 9.59 Å². The van der Waals surface area contributed by atoms with Gasteiger partial charge in [0, 0.05) is 12.1 Å². The number of thiocarbonyl (C=S) groups is 1. The summed E-state index contributed by atoms with van der Waals surface area (Å²) in [6.45, 7) is 3.77. The Bertz CT molecular complexity index is 965. The van der Waals surface area contributed by atoms with E-state index in [2.05, 4.69) is 11.9 Å². The van der Waals surface area contributed by atoms with E-state index in [1.54, 1.807) is 30.3 Å². The van der Waals surface area contributed by atoms with Gasteiger partial charge in [-0.05, 0) is 42.6 Å². The molecule has 0 saturated carbocycles. The maximum absolute atomic E-state index is 12.5. The van der Waals surface area contributed by atoms with Crippen molar-refractivity contribution in [3.05, 3.63) is 64.4 Å². The fourth-order valence-electron chi connectivity index (χ4n) is 2.40. The Hall–Kier alpha value is -2.41. The molecule has 1 aliphatic rings. The molecule has 0 aliphatic carbocycles. The molecule has 1 N–H and O–H groups in total. The van der Waals surface area contributed by atoms with Gasteiger partial charge in [-0.3, -0.25) is 19.8 Å². The average molecular weight is 407 g/mol. The van der Waals surface area contributed by atoms with Crippen LogP contribution in [0.15, 0.2) is 53.0 Å². The van der Waals surface area contributed by atoms with Crippen molar-refractivity contribution in [2.45, 2.75) is 0 Å². The van der Waals surface area contributed by atoms with Crippen LogP contribution in [0.1, 0.15) is 5.76 Å². The molecule has 0 bridgehead atoms. The van der Waals surface area contributed by atoms with Gasteiger partial charge in [-0.2, -0.15) is 0 Å². The standard InChI is InChI=1S/C18H12Cl2N2O3S/c1-2-8-22-17(24)12(16(23)21-18(22)26)9-10-6-7-14(25-10)11-4-3-5-13(19)15(11)20/h2-7,9H,1,8H2,(H,21,23,26)/b12-9-. The highest BCUT2D eigenvalue weighted by atomic mass is 35.5. The van der Waals surface area contributed by atoms with Crippen molar-refractivity contribution < 1.29 is 14.0 Å². The normalized spacial score (nSPS) is 16.2. The van der Waals surface area contributed by atoms with Crippen molar-refractivity contribution >= 4 is 58.4 Å². The molecule has 1 saturated heterocycles. The lowest BCUT2D eigenvalue weighted by atomic mass is 10.1. The highest BCUT2D eigenvalue weighted by molar-refractivity contribution is 7.80. The monoisotopic (exact) mass is 406 g/mol. The molecule has 5 nitrogen and oxygen atoms in total. The third kappa shape index (κ3) is 3.44. The second-order valence-corrected chi connectivity index (χ2v) is 6.50. The van der Waals surface area contributed by atoms with Gasteiger partial charge in [0.1, 0.15) is 17.1 Å². The van der Waals surface area contributed by atoms with E-state index in [0.717, 1.165) is 0 Å². The van der Waals surface area contributed by atoms with Crippen LogP contribution < -0.4 is 5.32 Å². The first-order valence-corrected chi connectivity index (χ1v) is 8.62. The summed E-state index contributed by atoms with van der Waals surface area (Å²) in [4.78, 5) is 25.9. The molecule has 3 rings (SSSR count). The summed E-state index contributed by atoms with van der Waals surface area (Å²) >= 11 is 17.2. The van der Waals surface area contributed by atoms with Crippen molar-refractivity contribution in [1.82, 2.24) is 10.2 Å². The van der Waals surface area contributed by atoms with Crippen LogP contribution >= 0.6 is 35.4 Å². The second kappa shape index (κ2) is 7.45. The van der Waals surface area contributed by atoms with Gasteiger partial charge in [0.15, 0.2) is 5.11 Å². The SMILES string of the molecule is C=CCN1C(=O)/C(=C\c2ccc(-c3cccc(Cl)c3Cl)o2)C(=O)NC1=S. The van der Waals surface area contributed by atoms with Gasteiger partial charge in [-0.25, -0.2) is 0 Å². The number of hydrogen-bond donors (Lipinski definition) is 1. The minimum absolute atomic E-state index is 0.0443. The number of furan rings is 1. The molecular formula is C18H12Cl2N2O3S. The fourth-order valence-corrected chi connectivity index (χ4v) is 3.04. The summed E-state index contributed by atoms with van der Waals surface area (Å²) in [6, 6.07) is 8.48. The van der Waals surface area contributed by atoms with Gasteiger partial charge < -0.3 is 4.42 Å². The average Bonchev–Trinajstić information content (AvgIpc) is 3.06. The Kier molecular flexibility index (Phi) is 5.27. The minimum Gasteiger partial charge on any atom is -0.457 e. The number of nitrogens with zero attached hydrogens (tertiary/aromatic N) is 1. The maximum Gasteiger partial charge on any atom is 0.266 e. The van der Waals surface area contributed by atoms with Crippen molar-refractivity contribution in [2.24, 2.45) is 0 Å². The first-order chi connectivity index (χ1) is 12.4. The van der Waals surface area contributed by atoms with Crippen LogP contribution in [-0.2, 0) is 9.59 Å². The quantitative estimate of drug-likeness (QED) is 0.359. The summed E-state index contributed by atoms with van der Waals surface area (Å²) < 4.78 is 5.70. The molecule has 0 unspecified atom stereocenters. The Morgan fingerprint density at radius 1 is 1.23 bits per heavy atom. The van der Waals surface area contributed by atoms with Crippen molar-refractivity contribution in [2.75, 3.05) is 6.54 Å². The van der Waals surface area contributed by atoms with Gasteiger partial charge in [0.25, 0.3) is 11.8 Å². The number of carbonyl (C=O) groups is 2. The molecule has 1 aromatic heterocycles. The number of hydrogen-bond acceptors (Lipinski definition) is 4. The molecule has 132 valence electrons. The van der Waals surface area contributed by atoms with E-state index >= 15 is 0 Å². The number of rotatable bonds is 4. The van der Waals surface area contributed by atoms with Crippen LogP contribution in [0.2, 0.25) is 10.0 Å². The van der Waals surface area contributed by atoms with Crippen LogP contribution in [-0.4, -0.2) is 28.4 Å². The Morgan fingerprint density at radius 2 is 2.00 bits per heavy atom. The third-order valence-electron chi connectivity index (χ3n) is 3.63. The zero-order chi connectivity index (χ0) is 18.8. The number of nitrogens with one attached hydrogen (secondary N) is 1. The van der Waals surface area contributed by atoms with E-state index < -0.39 is 11.8 Å². The van der Waals surface area contributed by atoms with E-state index in [1.165, 1.54) is 17.1 Å². The van der Waals surface area contributed by atoms with Crippen molar-refractivity contribution in [3.63, 3.8) is 0 Å². The molecule has 2 aromatic rings. The molecular weight excluding hydrogens is 395 g/mol. The maximum atomic E-state index is 12.5. The highest BCUT2D eigenvalue weighted by Gasteiger charge is 2.32. The molecule has 1 aliphatic heterocycles. The van der Waals surface area contributed by atoms with Gasteiger partial charge in [0.2, 0.25) is 0 Å². The molecule has 1 aromatic carbocycles. The van der Waals surface area contributed by atoms with Crippen LogP contribution in [0.5, 0.6) is 0 Å². The van der Waals surface area contributed by atoms with Gasteiger partial charge in [-0.15, -0.1) is 6.58 Å². The van der Waals surface area contributed by atoms with Crippen LogP contribution in [0.4, 0.5) is 0 Å². The predicted octanol–water partition coefficient (Wildman–Crippen LogP) is 4.07. The topological polar surface area (TPSA) is 62.6 Å². The third-order valence-corrected chi connectivity index (χ3v) is 4.77. The summed E-state index contributed by atoms with van der Waals surface area (Å²) in [5.41, 5.74) is 0.524. The summed E-state index contributed by atoms with van der Waals surface area (Å²) in [7, 11) is 0. The molecule has 0 radical (unpaired) electrons. The van der Waals surface area contributed by atoms with E-state index in [-0.39, 0.29) is 17.2 Å². The number of halogens is 2. The largest absolute Gasteiger partial charge is 0.457 e. The summed E-state index contributed by atoms with van der Waals surface area (Å²) in [5, 5.41) is 3.27. The minimum atomic E-state index is -0.584. The molecule has 0 atom stereocenters. The van der Waals surface area contributed by atoms with E-state index in [4.69, 9.17) is 39.8 Å². The lowest BCUT2D eigenvalue weighted by molar-refractivity contribution is -0.128. The predicted molar refractivity (Wildman–Crippen MR) is 105 cm³/mol. The van der Waals surface area contributed by atoms with E-state index in [1.807, 2.05) is 0 Å². The first kappa shape index (κ1) is 18.4. The van der Waals surface area contributed by atoms with Crippen molar-refractivity contribution in [1.29, 1.82) is 0 Å². The highest BCUT2D eigenvalue weighted by Crippen LogP contribution is 2.34. The molecule has 26 heavy (non-hydrogen) atoms. The molecule has 8 heteroatoms. The Morgan fingerprint density at radius 3 is 2.73 bits per heavy atom. The van der Waals surface area contributed by atoms with Crippen LogP contribution in [0.3, 0.4) is 0 Å². The molecule has 1 fully saturated rings. The van der Waals surface area contributed by atoms with Gasteiger partial charge >= 0.3 is 0 Å². The van der Waals surface area contributed by atoms with Crippen LogP contribution in [0, 0.1) is 0 Å². The zero-order valence-corrected chi connectivity index (χ0v) is 15.6. The molecule has 2 amide bonds. The second-order valence-electron chi connectivity index (χ2n) is 5.33. The fraction of sp³-hybridized carbons (Fsp3) is 0.0556. The Labute approximate surface area is 164 Å². The molecule has 0 spiro atoms.